The number of carboxylic acid groups (broad SMARTS) is 1. The zero-order chi connectivity index (χ0) is 13.1. The Hall–Kier alpha value is -2.02. The van der Waals surface area contributed by atoms with Crippen LogP contribution in [0.15, 0.2) is 23.4 Å². The van der Waals surface area contributed by atoms with E-state index in [2.05, 4.69) is 15.2 Å². The first-order valence-corrected chi connectivity index (χ1v) is 6.12. The van der Waals surface area contributed by atoms with Crippen molar-refractivity contribution in [1.82, 2.24) is 15.2 Å². The highest BCUT2D eigenvalue weighted by molar-refractivity contribution is 7.99. The average Bonchev–Trinajstić information content (AvgIpc) is 2.75. The van der Waals surface area contributed by atoms with E-state index in [1.807, 2.05) is 6.92 Å². The van der Waals surface area contributed by atoms with Crippen LogP contribution in [0.1, 0.15) is 5.56 Å². The molecular formula is C11H11N3O3S. The third kappa shape index (κ3) is 2.80. The maximum atomic E-state index is 10.4. The van der Waals surface area contributed by atoms with Gasteiger partial charge in [0.1, 0.15) is 5.75 Å². The minimum absolute atomic E-state index is 0.0775. The maximum absolute atomic E-state index is 10.4. The number of thioether (sulfide) groups is 1. The van der Waals surface area contributed by atoms with Gasteiger partial charge < -0.3 is 10.2 Å². The van der Waals surface area contributed by atoms with Gasteiger partial charge in [0.05, 0.1) is 5.75 Å². The number of aliphatic carboxylic acids is 1. The van der Waals surface area contributed by atoms with Crippen molar-refractivity contribution in [3.8, 4) is 17.1 Å². The lowest BCUT2D eigenvalue weighted by Crippen LogP contribution is -1.97. The Morgan fingerprint density at radius 3 is 2.94 bits per heavy atom. The molecule has 6 nitrogen and oxygen atoms in total. The molecule has 2 aromatic rings. The Kier molecular flexibility index (Phi) is 3.52. The second-order valence-electron chi connectivity index (χ2n) is 3.65. The smallest absolute Gasteiger partial charge is 0.313 e. The molecule has 94 valence electrons. The van der Waals surface area contributed by atoms with Gasteiger partial charge in [0.15, 0.2) is 5.82 Å². The van der Waals surface area contributed by atoms with Crippen LogP contribution in [0.2, 0.25) is 0 Å². The van der Waals surface area contributed by atoms with E-state index in [-0.39, 0.29) is 11.5 Å². The zero-order valence-corrected chi connectivity index (χ0v) is 10.4. The fraction of sp³-hybridized carbons (Fsp3) is 0.182. The zero-order valence-electron chi connectivity index (χ0n) is 9.54. The lowest BCUT2D eigenvalue weighted by Gasteiger charge is -2.01. The summed E-state index contributed by atoms with van der Waals surface area (Å²) in [7, 11) is 0. The molecule has 0 bridgehead atoms. The first-order chi connectivity index (χ1) is 8.56. The van der Waals surface area contributed by atoms with Crippen LogP contribution < -0.4 is 0 Å². The molecule has 0 saturated heterocycles. The normalized spacial score (nSPS) is 10.5. The van der Waals surface area contributed by atoms with Crippen LogP contribution in [-0.2, 0) is 4.79 Å². The number of nitrogens with zero attached hydrogens (tertiary/aromatic N) is 2. The quantitative estimate of drug-likeness (QED) is 0.727. The molecule has 1 aromatic carbocycles. The summed E-state index contributed by atoms with van der Waals surface area (Å²) in [6.45, 7) is 1.85. The third-order valence-electron chi connectivity index (χ3n) is 2.25. The first-order valence-electron chi connectivity index (χ1n) is 5.13. The minimum atomic E-state index is -0.910. The second-order valence-corrected chi connectivity index (χ2v) is 4.59. The number of hydrogen-bond donors (Lipinski definition) is 3. The van der Waals surface area contributed by atoms with Crippen LogP contribution in [0.5, 0.6) is 5.75 Å². The van der Waals surface area contributed by atoms with E-state index in [1.54, 1.807) is 18.2 Å². The fourth-order valence-electron chi connectivity index (χ4n) is 1.47. The number of H-pyrrole nitrogens is 1. The molecule has 0 unspecified atom stereocenters. The SMILES string of the molecule is Cc1cc(O)ccc1-c1nc(SCC(=O)O)n[nH]1. The number of phenolic OH excluding ortho intramolecular Hbond substituents is 1. The van der Waals surface area contributed by atoms with Gasteiger partial charge in [-0.3, -0.25) is 9.89 Å². The molecular weight excluding hydrogens is 254 g/mol. The number of hydrogen-bond acceptors (Lipinski definition) is 5. The van der Waals surface area contributed by atoms with Crippen molar-refractivity contribution in [2.45, 2.75) is 12.1 Å². The van der Waals surface area contributed by atoms with Crippen LogP contribution in [-0.4, -0.2) is 37.1 Å². The molecule has 0 fully saturated rings. The van der Waals surface area contributed by atoms with Gasteiger partial charge in [-0.25, -0.2) is 4.98 Å². The lowest BCUT2D eigenvalue weighted by atomic mass is 10.1. The second kappa shape index (κ2) is 5.09. The van der Waals surface area contributed by atoms with Gasteiger partial charge >= 0.3 is 5.97 Å². The largest absolute Gasteiger partial charge is 0.508 e. The molecule has 0 aliphatic heterocycles. The molecule has 0 atom stereocenters. The lowest BCUT2D eigenvalue weighted by molar-refractivity contribution is -0.133. The van der Waals surface area contributed by atoms with Crippen molar-refractivity contribution in [1.29, 1.82) is 0 Å². The van der Waals surface area contributed by atoms with Gasteiger partial charge in [-0.1, -0.05) is 11.8 Å². The fourth-order valence-corrected chi connectivity index (χ4v) is 1.99. The molecule has 0 amide bonds. The molecule has 0 aliphatic carbocycles. The molecule has 0 radical (unpaired) electrons. The van der Waals surface area contributed by atoms with Crippen molar-refractivity contribution in [3.05, 3.63) is 23.8 Å². The average molecular weight is 265 g/mol. The van der Waals surface area contributed by atoms with Gasteiger partial charge in [-0.05, 0) is 30.7 Å². The number of aromatic nitrogens is 3. The Labute approximate surface area is 107 Å². The van der Waals surface area contributed by atoms with E-state index in [0.29, 0.717) is 11.0 Å². The molecule has 1 heterocycles. The third-order valence-corrected chi connectivity index (χ3v) is 3.09. The molecule has 0 aliphatic rings. The summed E-state index contributed by atoms with van der Waals surface area (Å²) in [4.78, 5) is 14.6. The van der Waals surface area contributed by atoms with Crippen LogP contribution in [0, 0.1) is 6.92 Å². The van der Waals surface area contributed by atoms with Crippen LogP contribution >= 0.6 is 11.8 Å². The highest BCUT2D eigenvalue weighted by Gasteiger charge is 2.10. The predicted octanol–water partition coefficient (Wildman–Crippen LogP) is 1.66. The summed E-state index contributed by atoms with van der Waals surface area (Å²) in [6.07, 6.45) is 0. The molecule has 18 heavy (non-hydrogen) atoms. The van der Waals surface area contributed by atoms with Gasteiger partial charge in [0.2, 0.25) is 5.16 Å². The number of benzene rings is 1. The molecule has 0 spiro atoms. The number of nitrogens with one attached hydrogen (secondary N) is 1. The summed E-state index contributed by atoms with van der Waals surface area (Å²) in [5.74, 6) is -0.241. The Bertz CT molecular complexity index is 583. The van der Waals surface area contributed by atoms with Gasteiger partial charge in [-0.15, -0.1) is 5.10 Å². The van der Waals surface area contributed by atoms with Gasteiger partial charge in [0, 0.05) is 5.56 Å². The number of rotatable bonds is 4. The van der Waals surface area contributed by atoms with E-state index in [0.717, 1.165) is 22.9 Å². The van der Waals surface area contributed by atoms with Crippen molar-refractivity contribution in [2.75, 3.05) is 5.75 Å². The molecule has 0 saturated carbocycles. The molecule has 1 aromatic heterocycles. The summed E-state index contributed by atoms with van der Waals surface area (Å²) in [6, 6.07) is 4.92. The Morgan fingerprint density at radius 1 is 1.50 bits per heavy atom. The summed E-state index contributed by atoms with van der Waals surface area (Å²) < 4.78 is 0. The van der Waals surface area contributed by atoms with E-state index in [1.165, 1.54) is 0 Å². The van der Waals surface area contributed by atoms with Gasteiger partial charge in [0.25, 0.3) is 0 Å². The Morgan fingerprint density at radius 2 is 2.28 bits per heavy atom. The van der Waals surface area contributed by atoms with Crippen molar-refractivity contribution in [3.63, 3.8) is 0 Å². The number of carboxylic acids is 1. The number of aryl methyl sites for hydroxylation is 1. The Balaban J connectivity index is 2.21. The summed E-state index contributed by atoms with van der Waals surface area (Å²) in [5.41, 5.74) is 1.68. The summed E-state index contributed by atoms with van der Waals surface area (Å²) in [5, 5.41) is 24.9. The standard InChI is InChI=1S/C11H11N3O3S/c1-6-4-7(15)2-3-8(6)10-12-11(14-13-10)18-5-9(16)17/h2-4,15H,5H2,1H3,(H,16,17)(H,12,13,14). The first kappa shape index (κ1) is 12.4. The summed E-state index contributed by atoms with van der Waals surface area (Å²) >= 11 is 1.05. The van der Waals surface area contributed by atoms with E-state index in [9.17, 15) is 9.90 Å². The number of phenols is 1. The predicted molar refractivity (Wildman–Crippen MR) is 66.6 cm³/mol. The monoisotopic (exact) mass is 265 g/mol. The van der Waals surface area contributed by atoms with Crippen LogP contribution in [0.25, 0.3) is 11.4 Å². The van der Waals surface area contributed by atoms with Crippen LogP contribution in [0.4, 0.5) is 0 Å². The number of carbonyl (C=O) groups is 1. The van der Waals surface area contributed by atoms with E-state index >= 15 is 0 Å². The molecule has 7 heteroatoms. The van der Waals surface area contributed by atoms with Crippen molar-refractivity contribution < 1.29 is 15.0 Å². The maximum Gasteiger partial charge on any atom is 0.313 e. The highest BCUT2D eigenvalue weighted by atomic mass is 32.2. The molecule has 2 rings (SSSR count). The van der Waals surface area contributed by atoms with Crippen molar-refractivity contribution >= 4 is 17.7 Å². The van der Waals surface area contributed by atoms with E-state index < -0.39 is 5.97 Å². The van der Waals surface area contributed by atoms with Crippen LogP contribution in [0.3, 0.4) is 0 Å². The van der Waals surface area contributed by atoms with Crippen molar-refractivity contribution in [2.24, 2.45) is 0 Å². The van der Waals surface area contributed by atoms with Gasteiger partial charge in [-0.2, -0.15) is 0 Å². The highest BCUT2D eigenvalue weighted by Crippen LogP contribution is 2.25. The minimum Gasteiger partial charge on any atom is -0.508 e. The molecule has 3 N–H and O–H groups in total. The topological polar surface area (TPSA) is 99.1 Å². The number of aromatic hydroxyl groups is 1. The number of aromatic amines is 1. The van der Waals surface area contributed by atoms with E-state index in [4.69, 9.17) is 5.11 Å².